The molecule has 1 aliphatic heterocycles. The summed E-state index contributed by atoms with van der Waals surface area (Å²) in [6.45, 7) is 0.927. The second-order valence-corrected chi connectivity index (χ2v) is 9.34. The van der Waals surface area contributed by atoms with Crippen molar-refractivity contribution in [2.45, 2.75) is 31.9 Å². The predicted octanol–water partition coefficient (Wildman–Crippen LogP) is 1.48. The molecule has 1 amide bonds. The maximum absolute atomic E-state index is 14.1. The Kier molecular flexibility index (Phi) is 7.20. The molecule has 3 N–H and O–H groups in total. The van der Waals surface area contributed by atoms with Gasteiger partial charge in [0.2, 0.25) is 11.9 Å². The lowest BCUT2D eigenvalue weighted by atomic mass is 9.93. The summed E-state index contributed by atoms with van der Waals surface area (Å²) >= 11 is 6.29. The van der Waals surface area contributed by atoms with Gasteiger partial charge in [-0.05, 0) is 18.2 Å². The highest BCUT2D eigenvalue weighted by atomic mass is 35.5. The number of hydrogen-bond acceptors (Lipinski definition) is 8. The van der Waals surface area contributed by atoms with E-state index in [1.54, 1.807) is 18.2 Å². The quantitative estimate of drug-likeness (QED) is 0.403. The van der Waals surface area contributed by atoms with Crippen LogP contribution in [-0.4, -0.2) is 62.3 Å². The van der Waals surface area contributed by atoms with Gasteiger partial charge in [0.25, 0.3) is 5.92 Å². The highest BCUT2D eigenvalue weighted by molar-refractivity contribution is 6.32. The van der Waals surface area contributed by atoms with Gasteiger partial charge in [-0.1, -0.05) is 18.5 Å². The van der Waals surface area contributed by atoms with Crippen LogP contribution in [0, 0.1) is 5.92 Å². The van der Waals surface area contributed by atoms with Gasteiger partial charge in [0.05, 0.1) is 23.8 Å². The van der Waals surface area contributed by atoms with Gasteiger partial charge in [0, 0.05) is 45.2 Å². The molecule has 37 heavy (non-hydrogen) atoms. The second kappa shape index (κ2) is 10.1. The molecule has 198 valence electrons. The van der Waals surface area contributed by atoms with Crippen LogP contribution < -0.4 is 26.7 Å². The Labute approximate surface area is 214 Å². The second-order valence-electron chi connectivity index (χ2n) is 8.94. The average molecular weight is 538 g/mol. The molecule has 4 rings (SSSR count). The van der Waals surface area contributed by atoms with E-state index in [-0.39, 0.29) is 48.8 Å². The minimum atomic E-state index is -3.22. The molecule has 2 aromatic heterocycles. The Balaban J connectivity index is 1.69. The van der Waals surface area contributed by atoms with E-state index in [9.17, 15) is 28.3 Å². The summed E-state index contributed by atoms with van der Waals surface area (Å²) in [4.78, 5) is 46.8. The van der Waals surface area contributed by atoms with E-state index < -0.39 is 29.1 Å². The minimum Gasteiger partial charge on any atom is -0.385 e. The number of β-amino-alcohol motifs (C(OH)–C–C–N with tert-alkyl or cyclic N) is 1. The van der Waals surface area contributed by atoms with Gasteiger partial charge in [-0.25, -0.2) is 13.8 Å². The van der Waals surface area contributed by atoms with Crippen LogP contribution in [0.2, 0.25) is 5.02 Å². The number of rotatable bonds is 6. The topological polar surface area (TPSA) is 134 Å². The molecular weight excluding hydrogens is 512 g/mol. The van der Waals surface area contributed by atoms with E-state index in [0.717, 1.165) is 0 Å². The van der Waals surface area contributed by atoms with Crippen molar-refractivity contribution in [3.8, 4) is 0 Å². The zero-order valence-corrected chi connectivity index (χ0v) is 21.1. The number of carbonyl (C=O) groups is 1. The lowest BCUT2D eigenvalue weighted by molar-refractivity contribution is -0.149. The van der Waals surface area contributed by atoms with Gasteiger partial charge < -0.3 is 29.8 Å². The molecule has 1 aliphatic rings. The maximum Gasteiger partial charge on any atom is 0.316 e. The van der Waals surface area contributed by atoms with Crippen molar-refractivity contribution in [1.29, 1.82) is 0 Å². The van der Waals surface area contributed by atoms with Crippen molar-refractivity contribution < 1.29 is 18.7 Å². The Morgan fingerprint density at radius 2 is 1.97 bits per heavy atom. The van der Waals surface area contributed by atoms with Crippen molar-refractivity contribution >= 4 is 46.0 Å². The number of hydrogen-bond donors (Lipinski definition) is 3. The summed E-state index contributed by atoms with van der Waals surface area (Å²) in [6.07, 6.45) is -0.554. The van der Waals surface area contributed by atoms with Crippen molar-refractivity contribution in [3.05, 3.63) is 50.1 Å². The van der Waals surface area contributed by atoms with Gasteiger partial charge >= 0.3 is 11.1 Å². The third kappa shape index (κ3) is 5.01. The van der Waals surface area contributed by atoms with Crippen molar-refractivity contribution in [2.75, 3.05) is 30.4 Å². The molecule has 3 aromatic rings. The number of aliphatic hydroxyl groups is 1. The van der Waals surface area contributed by atoms with Crippen LogP contribution in [-0.2, 0) is 18.4 Å². The summed E-state index contributed by atoms with van der Waals surface area (Å²) in [6, 6.07) is 4.90. The summed E-state index contributed by atoms with van der Waals surface area (Å²) in [5, 5.41) is 15.6. The highest BCUT2D eigenvalue weighted by Crippen LogP contribution is 2.35. The molecule has 11 nitrogen and oxygen atoms in total. The summed E-state index contributed by atoms with van der Waals surface area (Å²) in [7, 11) is 2.96. The fourth-order valence-electron chi connectivity index (χ4n) is 4.22. The van der Waals surface area contributed by atoms with Crippen molar-refractivity contribution in [2.24, 2.45) is 13.0 Å². The van der Waals surface area contributed by atoms with Crippen LogP contribution in [0.4, 0.5) is 26.2 Å². The van der Waals surface area contributed by atoms with Gasteiger partial charge in [-0.15, -0.1) is 0 Å². The zero-order chi connectivity index (χ0) is 27.1. The number of anilines is 3. The number of alkyl halides is 2. The largest absolute Gasteiger partial charge is 0.385 e. The first-order valence-electron chi connectivity index (χ1n) is 11.5. The van der Waals surface area contributed by atoms with Crippen LogP contribution >= 0.6 is 11.6 Å². The van der Waals surface area contributed by atoms with Gasteiger partial charge in [0.15, 0.2) is 5.82 Å². The molecule has 3 heterocycles. The number of amides is 1. The standard InChI is InChI=1S/C23H26ClF2N7O4/c1-12-10-32(11-17(34)23(12,25)26)22-28-9-14(24)19(30-22)29-13-4-5-15-16(8-13)33(7-6-18(35)27-2)21(37)20(36)31(15)3/h4-5,8-9,12,17,34H,6-7,10-11H2,1-3H3,(H,27,35)(H,28,29,30)/t12-,17+/m1/s1. The van der Waals surface area contributed by atoms with E-state index in [1.807, 2.05) is 0 Å². The number of benzene rings is 1. The van der Waals surface area contributed by atoms with E-state index >= 15 is 0 Å². The summed E-state index contributed by atoms with van der Waals surface area (Å²) < 4.78 is 30.6. The predicted molar refractivity (Wildman–Crippen MR) is 135 cm³/mol. The first-order valence-corrected chi connectivity index (χ1v) is 11.9. The minimum absolute atomic E-state index is 0.00339. The number of piperidine rings is 1. The normalized spacial score (nSPS) is 19.2. The number of aryl methyl sites for hydroxylation is 2. The van der Waals surface area contributed by atoms with Gasteiger partial charge in [-0.3, -0.25) is 14.4 Å². The Hall–Kier alpha value is -3.58. The zero-order valence-electron chi connectivity index (χ0n) is 20.3. The van der Waals surface area contributed by atoms with Crippen LogP contribution in [0.5, 0.6) is 0 Å². The van der Waals surface area contributed by atoms with Crippen LogP contribution in [0.3, 0.4) is 0 Å². The average Bonchev–Trinajstić information content (AvgIpc) is 2.87. The number of aromatic nitrogens is 4. The number of aliphatic hydroxyl groups excluding tert-OH is 1. The third-order valence-corrected chi connectivity index (χ3v) is 6.74. The van der Waals surface area contributed by atoms with Crippen molar-refractivity contribution in [3.63, 3.8) is 0 Å². The molecule has 0 unspecified atom stereocenters. The molecule has 1 fully saturated rings. The lowest BCUT2D eigenvalue weighted by Gasteiger charge is -2.40. The fraction of sp³-hybridized carbons (Fsp3) is 0.435. The van der Waals surface area contributed by atoms with E-state index in [0.29, 0.717) is 16.7 Å². The fourth-order valence-corrected chi connectivity index (χ4v) is 4.36. The molecule has 0 radical (unpaired) electrons. The Bertz CT molecular complexity index is 1460. The third-order valence-electron chi connectivity index (χ3n) is 6.47. The Morgan fingerprint density at radius 3 is 2.65 bits per heavy atom. The molecule has 0 saturated carbocycles. The molecular formula is C23H26ClF2N7O4. The van der Waals surface area contributed by atoms with Gasteiger partial charge in [0.1, 0.15) is 11.1 Å². The molecule has 0 aliphatic carbocycles. The lowest BCUT2D eigenvalue weighted by Crippen LogP contribution is -2.56. The van der Waals surface area contributed by atoms with E-state index in [1.165, 1.54) is 41.3 Å². The van der Waals surface area contributed by atoms with Crippen LogP contribution in [0.1, 0.15) is 13.3 Å². The molecule has 1 saturated heterocycles. The molecule has 14 heteroatoms. The molecule has 0 bridgehead atoms. The number of nitrogens with one attached hydrogen (secondary N) is 2. The maximum atomic E-state index is 14.1. The number of halogens is 3. The summed E-state index contributed by atoms with van der Waals surface area (Å²) in [5.74, 6) is -4.34. The Morgan fingerprint density at radius 1 is 1.24 bits per heavy atom. The van der Waals surface area contributed by atoms with Crippen LogP contribution in [0.15, 0.2) is 34.0 Å². The molecule has 0 spiro atoms. The number of nitrogens with zero attached hydrogens (tertiary/aromatic N) is 5. The molecule has 2 atom stereocenters. The van der Waals surface area contributed by atoms with Crippen molar-refractivity contribution in [1.82, 2.24) is 24.4 Å². The number of carbonyl (C=O) groups excluding carboxylic acids is 1. The molecule has 1 aromatic carbocycles. The van der Waals surface area contributed by atoms with Gasteiger partial charge in [-0.2, -0.15) is 4.98 Å². The van der Waals surface area contributed by atoms with Crippen LogP contribution in [0.25, 0.3) is 11.0 Å². The summed E-state index contributed by atoms with van der Waals surface area (Å²) in [5.41, 5.74) is -0.158. The number of fused-ring (bicyclic) bond motifs is 1. The first-order chi connectivity index (χ1) is 17.4. The monoisotopic (exact) mass is 537 g/mol. The highest BCUT2D eigenvalue weighted by Gasteiger charge is 2.49. The van der Waals surface area contributed by atoms with E-state index in [2.05, 4.69) is 20.6 Å². The SMILES string of the molecule is CNC(=O)CCn1c(=O)c(=O)n(C)c2ccc(Nc3nc(N4C[C@@H](C)C(F)(F)[C@@H](O)C4)ncc3Cl)cc21. The smallest absolute Gasteiger partial charge is 0.316 e. The van der Waals surface area contributed by atoms with E-state index in [4.69, 9.17) is 11.6 Å². The first kappa shape index (κ1) is 26.5.